The minimum atomic E-state index is -4.51. The molecule has 0 aliphatic heterocycles. The summed E-state index contributed by atoms with van der Waals surface area (Å²) in [5, 5.41) is 0. The van der Waals surface area contributed by atoms with Crippen molar-refractivity contribution in [2.75, 3.05) is 6.61 Å². The zero-order chi connectivity index (χ0) is 18.7. The number of ether oxygens (including phenoxy) is 1. The van der Waals surface area contributed by atoms with Crippen LogP contribution in [0, 0.1) is 5.41 Å². The molecule has 136 valence electrons. The minimum absolute atomic E-state index is 0.0131. The summed E-state index contributed by atoms with van der Waals surface area (Å²) in [6, 6.07) is 7.04. The van der Waals surface area contributed by atoms with E-state index in [2.05, 4.69) is 4.98 Å². The van der Waals surface area contributed by atoms with Crippen molar-refractivity contribution in [3.05, 3.63) is 48.3 Å². The molecule has 25 heavy (non-hydrogen) atoms. The van der Waals surface area contributed by atoms with Crippen LogP contribution in [0.5, 0.6) is 5.75 Å². The van der Waals surface area contributed by atoms with Crippen LogP contribution in [0.3, 0.4) is 0 Å². The van der Waals surface area contributed by atoms with E-state index < -0.39 is 11.7 Å². The Kier molecular flexibility index (Phi) is 5.72. The molecule has 0 fully saturated rings. The highest BCUT2D eigenvalue weighted by molar-refractivity contribution is 5.65. The Morgan fingerprint density at radius 1 is 1.04 bits per heavy atom. The third-order valence-corrected chi connectivity index (χ3v) is 3.63. The van der Waals surface area contributed by atoms with Crippen molar-refractivity contribution in [2.45, 2.75) is 39.4 Å². The zero-order valence-electron chi connectivity index (χ0n) is 14.6. The number of aromatic nitrogens is 1. The van der Waals surface area contributed by atoms with E-state index in [1.54, 1.807) is 30.6 Å². The largest absolute Gasteiger partial charge is 0.491 e. The van der Waals surface area contributed by atoms with Gasteiger partial charge in [-0.2, -0.15) is 13.2 Å². The Morgan fingerprint density at radius 2 is 1.68 bits per heavy atom. The lowest BCUT2D eigenvalue weighted by Gasteiger charge is -2.24. The molecule has 3 nitrogen and oxygen atoms in total. The minimum Gasteiger partial charge on any atom is -0.491 e. The first-order valence-corrected chi connectivity index (χ1v) is 8.06. The number of hydrogen-bond acceptors (Lipinski definition) is 3. The Hall–Kier alpha value is -2.08. The number of hydrogen-bond donors (Lipinski definition) is 1. The van der Waals surface area contributed by atoms with Gasteiger partial charge in [0.15, 0.2) is 0 Å². The lowest BCUT2D eigenvalue weighted by molar-refractivity contribution is -0.139. The van der Waals surface area contributed by atoms with Gasteiger partial charge in [-0.3, -0.25) is 4.98 Å². The predicted octanol–water partition coefficient (Wildman–Crippen LogP) is 4.91. The fourth-order valence-corrected chi connectivity index (χ4v) is 2.64. The maximum absolute atomic E-state index is 13.4. The molecule has 2 N–H and O–H groups in total. The van der Waals surface area contributed by atoms with Crippen molar-refractivity contribution in [1.29, 1.82) is 0 Å². The lowest BCUT2D eigenvalue weighted by atomic mass is 9.89. The smallest absolute Gasteiger partial charge is 0.419 e. The third kappa shape index (κ3) is 5.74. The van der Waals surface area contributed by atoms with Crippen molar-refractivity contribution in [1.82, 2.24) is 4.98 Å². The standard InChI is InChI=1S/C19H23F3N2O/c1-18(2,3)11-15(23)12-25-17-5-4-14(10-16(17)19(20,21)22)13-6-8-24-9-7-13/h4-10,15H,11-12,23H2,1-3H3. The van der Waals surface area contributed by atoms with Gasteiger partial charge in [-0.1, -0.05) is 26.8 Å². The van der Waals surface area contributed by atoms with Gasteiger partial charge in [-0.15, -0.1) is 0 Å². The molecule has 1 aromatic carbocycles. The van der Waals surface area contributed by atoms with Crippen molar-refractivity contribution in [3.8, 4) is 16.9 Å². The van der Waals surface area contributed by atoms with Gasteiger partial charge in [0.05, 0.1) is 5.56 Å². The van der Waals surface area contributed by atoms with Crippen LogP contribution in [0.1, 0.15) is 32.8 Å². The summed E-state index contributed by atoms with van der Waals surface area (Å²) in [7, 11) is 0. The molecule has 2 rings (SSSR count). The van der Waals surface area contributed by atoms with Crippen LogP contribution in [0.4, 0.5) is 13.2 Å². The number of nitrogens with zero attached hydrogens (tertiary/aromatic N) is 1. The van der Waals surface area contributed by atoms with E-state index >= 15 is 0 Å². The predicted molar refractivity (Wildman–Crippen MR) is 92.2 cm³/mol. The molecular weight excluding hydrogens is 329 g/mol. The molecule has 1 atom stereocenters. The van der Waals surface area contributed by atoms with E-state index in [0.29, 0.717) is 17.5 Å². The lowest BCUT2D eigenvalue weighted by Crippen LogP contribution is -2.32. The molecule has 0 aliphatic rings. The summed E-state index contributed by atoms with van der Waals surface area (Å²) < 4.78 is 45.7. The highest BCUT2D eigenvalue weighted by atomic mass is 19.4. The third-order valence-electron chi connectivity index (χ3n) is 3.63. The topological polar surface area (TPSA) is 48.1 Å². The van der Waals surface area contributed by atoms with Crippen LogP contribution < -0.4 is 10.5 Å². The molecule has 1 aromatic heterocycles. The van der Waals surface area contributed by atoms with Gasteiger partial charge < -0.3 is 10.5 Å². The summed E-state index contributed by atoms with van der Waals surface area (Å²) in [6.45, 7) is 6.11. The SMILES string of the molecule is CC(C)(C)CC(N)COc1ccc(-c2ccncc2)cc1C(F)(F)F. The van der Waals surface area contributed by atoms with E-state index in [4.69, 9.17) is 10.5 Å². The van der Waals surface area contributed by atoms with Crippen molar-refractivity contribution >= 4 is 0 Å². The zero-order valence-corrected chi connectivity index (χ0v) is 14.6. The molecule has 0 saturated heterocycles. The highest BCUT2D eigenvalue weighted by Gasteiger charge is 2.35. The van der Waals surface area contributed by atoms with E-state index in [0.717, 1.165) is 6.07 Å². The van der Waals surface area contributed by atoms with Gasteiger partial charge in [0, 0.05) is 18.4 Å². The second kappa shape index (κ2) is 7.44. The van der Waals surface area contributed by atoms with Crippen LogP contribution in [0.2, 0.25) is 0 Å². The molecular formula is C19H23F3N2O. The van der Waals surface area contributed by atoms with Crippen LogP contribution in [0.25, 0.3) is 11.1 Å². The fraction of sp³-hybridized carbons (Fsp3) is 0.421. The van der Waals surface area contributed by atoms with Crippen LogP contribution in [-0.4, -0.2) is 17.6 Å². The first-order valence-electron chi connectivity index (χ1n) is 8.06. The molecule has 0 saturated carbocycles. The van der Waals surface area contributed by atoms with Gasteiger partial charge in [0.25, 0.3) is 0 Å². The number of rotatable bonds is 5. The number of pyridine rings is 1. The summed E-state index contributed by atoms with van der Waals surface area (Å²) >= 11 is 0. The molecule has 1 unspecified atom stereocenters. The average Bonchev–Trinajstić information content (AvgIpc) is 2.51. The molecule has 6 heteroatoms. The van der Waals surface area contributed by atoms with Crippen LogP contribution in [-0.2, 0) is 6.18 Å². The summed E-state index contributed by atoms with van der Waals surface area (Å²) in [6.07, 6.45) is -0.771. The number of halogens is 3. The highest BCUT2D eigenvalue weighted by Crippen LogP contribution is 2.39. The number of nitrogens with two attached hydrogens (primary N) is 1. The van der Waals surface area contributed by atoms with Gasteiger partial charge >= 0.3 is 6.18 Å². The van der Waals surface area contributed by atoms with Gasteiger partial charge in [-0.25, -0.2) is 0 Å². The second-order valence-corrected chi connectivity index (χ2v) is 7.28. The van der Waals surface area contributed by atoms with E-state index in [1.165, 1.54) is 6.07 Å². The molecule has 0 radical (unpaired) electrons. The summed E-state index contributed by atoms with van der Waals surface area (Å²) in [5.74, 6) is -0.199. The molecule has 0 aliphatic carbocycles. The van der Waals surface area contributed by atoms with E-state index in [-0.39, 0.29) is 23.8 Å². The van der Waals surface area contributed by atoms with Crippen molar-refractivity contribution in [3.63, 3.8) is 0 Å². The molecule has 1 heterocycles. The Morgan fingerprint density at radius 3 is 2.24 bits per heavy atom. The Bertz CT molecular complexity index is 694. The quantitative estimate of drug-likeness (QED) is 0.832. The second-order valence-electron chi connectivity index (χ2n) is 7.28. The van der Waals surface area contributed by atoms with Gasteiger partial charge in [0.2, 0.25) is 0 Å². The number of benzene rings is 1. The van der Waals surface area contributed by atoms with Crippen LogP contribution >= 0.6 is 0 Å². The fourth-order valence-electron chi connectivity index (χ4n) is 2.64. The first kappa shape index (κ1) is 19.2. The molecule has 2 aromatic rings. The van der Waals surface area contributed by atoms with Gasteiger partial charge in [-0.05, 0) is 47.2 Å². The maximum Gasteiger partial charge on any atom is 0.419 e. The average molecular weight is 352 g/mol. The van der Waals surface area contributed by atoms with E-state index in [1.807, 2.05) is 20.8 Å². The maximum atomic E-state index is 13.4. The molecule has 0 bridgehead atoms. The molecule has 0 amide bonds. The number of alkyl halides is 3. The first-order chi connectivity index (χ1) is 11.6. The molecule has 0 spiro atoms. The summed E-state index contributed by atoms with van der Waals surface area (Å²) in [4.78, 5) is 3.88. The Balaban J connectivity index is 2.23. The van der Waals surface area contributed by atoms with Crippen molar-refractivity contribution in [2.24, 2.45) is 11.1 Å². The van der Waals surface area contributed by atoms with Gasteiger partial charge in [0.1, 0.15) is 12.4 Å². The normalized spacial score (nSPS) is 13.6. The van der Waals surface area contributed by atoms with E-state index in [9.17, 15) is 13.2 Å². The summed E-state index contributed by atoms with van der Waals surface area (Å²) in [5.41, 5.74) is 6.28. The van der Waals surface area contributed by atoms with Crippen LogP contribution in [0.15, 0.2) is 42.7 Å². The van der Waals surface area contributed by atoms with Crippen molar-refractivity contribution < 1.29 is 17.9 Å². The monoisotopic (exact) mass is 352 g/mol. The Labute approximate surface area is 146 Å².